The lowest BCUT2D eigenvalue weighted by molar-refractivity contribution is 0.262. The van der Waals surface area contributed by atoms with Crippen molar-refractivity contribution in [2.75, 3.05) is 10.6 Å². The van der Waals surface area contributed by atoms with Gasteiger partial charge in [-0.15, -0.1) is 0 Å². The molecule has 3 N–H and O–H groups in total. The van der Waals surface area contributed by atoms with Crippen molar-refractivity contribution in [2.24, 2.45) is 0 Å². The summed E-state index contributed by atoms with van der Waals surface area (Å²) in [4.78, 5) is 18.4. The number of amides is 2. The van der Waals surface area contributed by atoms with Crippen LogP contribution in [0.1, 0.15) is 5.69 Å². The predicted molar refractivity (Wildman–Crippen MR) is 62.4 cm³/mol. The molecule has 0 aliphatic rings. The van der Waals surface area contributed by atoms with Gasteiger partial charge in [-0.25, -0.2) is 9.78 Å². The molecule has 1 heterocycles. The molecule has 5 heteroatoms. The van der Waals surface area contributed by atoms with Crippen molar-refractivity contribution in [3.8, 4) is 0 Å². The molecule has 0 spiro atoms. The Labute approximate surface area is 92.9 Å². The molecule has 1 aromatic carbocycles. The number of benzene rings is 1. The molecule has 0 unspecified atom stereocenters. The highest BCUT2D eigenvalue weighted by molar-refractivity contribution is 5.98. The largest absolute Gasteiger partial charge is 0.328 e. The molecule has 1 aromatic heterocycles. The van der Waals surface area contributed by atoms with Gasteiger partial charge in [0.1, 0.15) is 0 Å². The lowest BCUT2D eigenvalue weighted by atomic mass is 10.3. The first kappa shape index (κ1) is 10.2. The summed E-state index contributed by atoms with van der Waals surface area (Å²) in [5, 5.41) is 5.28. The van der Waals surface area contributed by atoms with E-state index in [1.165, 1.54) is 0 Å². The summed E-state index contributed by atoms with van der Waals surface area (Å²) in [5.41, 5.74) is 1.64. The molecule has 2 rings (SSSR count). The number of carbonyl (C=O) groups excluding carboxylic acids is 1. The van der Waals surface area contributed by atoms with E-state index in [2.05, 4.69) is 20.6 Å². The molecule has 0 fully saturated rings. The van der Waals surface area contributed by atoms with Gasteiger partial charge in [0.15, 0.2) is 0 Å². The quantitative estimate of drug-likeness (QED) is 0.721. The van der Waals surface area contributed by atoms with Gasteiger partial charge in [-0.3, -0.25) is 5.32 Å². The SMILES string of the molecule is Cc1cnc(NC(=O)Nc2ccccc2)[nH]1. The first-order valence-electron chi connectivity index (χ1n) is 4.89. The van der Waals surface area contributed by atoms with E-state index in [4.69, 9.17) is 0 Å². The highest BCUT2D eigenvalue weighted by Crippen LogP contribution is 2.06. The Morgan fingerprint density at radius 3 is 2.62 bits per heavy atom. The van der Waals surface area contributed by atoms with E-state index in [1.54, 1.807) is 6.20 Å². The standard InChI is InChI=1S/C11H12N4O/c1-8-7-12-10(13-8)15-11(16)14-9-5-3-2-4-6-9/h2-7H,1H3,(H3,12,13,14,15,16). The number of hydrogen-bond acceptors (Lipinski definition) is 2. The second-order valence-electron chi connectivity index (χ2n) is 3.36. The summed E-state index contributed by atoms with van der Waals surface area (Å²) in [5.74, 6) is 0.436. The van der Waals surface area contributed by atoms with Crippen LogP contribution in [0.3, 0.4) is 0 Å². The molecule has 0 aliphatic carbocycles. The van der Waals surface area contributed by atoms with Crippen LogP contribution < -0.4 is 10.6 Å². The van der Waals surface area contributed by atoms with Gasteiger partial charge in [0.2, 0.25) is 5.95 Å². The molecule has 0 radical (unpaired) electrons. The van der Waals surface area contributed by atoms with Crippen LogP contribution in [0, 0.1) is 6.92 Å². The number of urea groups is 1. The molecule has 0 atom stereocenters. The average Bonchev–Trinajstić information content (AvgIpc) is 2.65. The second kappa shape index (κ2) is 4.48. The Morgan fingerprint density at radius 2 is 2.00 bits per heavy atom. The van der Waals surface area contributed by atoms with Gasteiger partial charge >= 0.3 is 6.03 Å². The monoisotopic (exact) mass is 216 g/mol. The molecule has 0 aliphatic heterocycles. The van der Waals surface area contributed by atoms with Crippen molar-refractivity contribution in [1.82, 2.24) is 9.97 Å². The number of H-pyrrole nitrogens is 1. The highest BCUT2D eigenvalue weighted by Gasteiger charge is 2.03. The fourth-order valence-electron chi connectivity index (χ4n) is 1.27. The van der Waals surface area contributed by atoms with Gasteiger partial charge in [-0.2, -0.15) is 0 Å². The van der Waals surface area contributed by atoms with E-state index in [0.717, 1.165) is 11.4 Å². The summed E-state index contributed by atoms with van der Waals surface area (Å²) in [7, 11) is 0. The van der Waals surface area contributed by atoms with Gasteiger partial charge in [-0.1, -0.05) is 18.2 Å². The van der Waals surface area contributed by atoms with E-state index in [1.807, 2.05) is 37.3 Å². The number of rotatable bonds is 2. The van der Waals surface area contributed by atoms with Crippen LogP contribution in [0.4, 0.5) is 16.4 Å². The molecular weight excluding hydrogens is 204 g/mol. The zero-order valence-corrected chi connectivity index (χ0v) is 8.82. The molecule has 0 saturated carbocycles. The summed E-state index contributed by atoms with van der Waals surface area (Å²) < 4.78 is 0. The van der Waals surface area contributed by atoms with Crippen LogP contribution in [-0.4, -0.2) is 16.0 Å². The van der Waals surface area contributed by atoms with E-state index in [-0.39, 0.29) is 6.03 Å². The molecule has 2 aromatic rings. The van der Waals surface area contributed by atoms with Gasteiger partial charge in [-0.05, 0) is 19.1 Å². The Balaban J connectivity index is 1.95. The van der Waals surface area contributed by atoms with E-state index in [0.29, 0.717) is 5.95 Å². The fourth-order valence-corrected chi connectivity index (χ4v) is 1.27. The Morgan fingerprint density at radius 1 is 1.25 bits per heavy atom. The zero-order valence-electron chi connectivity index (χ0n) is 8.82. The number of nitrogens with zero attached hydrogens (tertiary/aromatic N) is 1. The van der Waals surface area contributed by atoms with Crippen LogP contribution in [-0.2, 0) is 0 Å². The maximum absolute atomic E-state index is 11.5. The predicted octanol–water partition coefficient (Wildman–Crippen LogP) is 2.36. The Hall–Kier alpha value is -2.30. The topological polar surface area (TPSA) is 69.8 Å². The minimum atomic E-state index is -0.319. The average molecular weight is 216 g/mol. The van der Waals surface area contributed by atoms with Crippen LogP contribution in [0.5, 0.6) is 0 Å². The van der Waals surface area contributed by atoms with Crippen LogP contribution >= 0.6 is 0 Å². The smallest absolute Gasteiger partial charge is 0.326 e. The number of carbonyl (C=O) groups is 1. The van der Waals surface area contributed by atoms with Crippen molar-refractivity contribution in [3.05, 3.63) is 42.2 Å². The molecular formula is C11H12N4O. The zero-order chi connectivity index (χ0) is 11.4. The third-order valence-electron chi connectivity index (χ3n) is 1.97. The number of aromatic nitrogens is 2. The number of hydrogen-bond donors (Lipinski definition) is 3. The van der Waals surface area contributed by atoms with Crippen molar-refractivity contribution >= 4 is 17.7 Å². The molecule has 5 nitrogen and oxygen atoms in total. The number of para-hydroxylation sites is 1. The Bertz CT molecular complexity index is 478. The highest BCUT2D eigenvalue weighted by atomic mass is 16.2. The second-order valence-corrected chi connectivity index (χ2v) is 3.36. The van der Waals surface area contributed by atoms with Crippen molar-refractivity contribution in [1.29, 1.82) is 0 Å². The summed E-state index contributed by atoms with van der Waals surface area (Å²) in [6.45, 7) is 1.87. The van der Waals surface area contributed by atoms with E-state index >= 15 is 0 Å². The normalized spacial score (nSPS) is 9.81. The fraction of sp³-hybridized carbons (Fsp3) is 0.0909. The summed E-state index contributed by atoms with van der Waals surface area (Å²) in [6.07, 6.45) is 1.65. The van der Waals surface area contributed by atoms with Gasteiger partial charge in [0, 0.05) is 17.6 Å². The third-order valence-corrected chi connectivity index (χ3v) is 1.97. The molecule has 0 saturated heterocycles. The van der Waals surface area contributed by atoms with Crippen molar-refractivity contribution in [3.63, 3.8) is 0 Å². The van der Waals surface area contributed by atoms with Crippen LogP contribution in [0.2, 0.25) is 0 Å². The minimum absolute atomic E-state index is 0.319. The van der Waals surface area contributed by atoms with Gasteiger partial charge in [0.25, 0.3) is 0 Å². The Kier molecular flexibility index (Phi) is 2.86. The maximum Gasteiger partial charge on any atom is 0.326 e. The summed E-state index contributed by atoms with van der Waals surface area (Å²) in [6, 6.07) is 8.90. The number of aromatic amines is 1. The van der Waals surface area contributed by atoms with Crippen LogP contribution in [0.15, 0.2) is 36.5 Å². The number of nitrogens with one attached hydrogen (secondary N) is 3. The van der Waals surface area contributed by atoms with E-state index < -0.39 is 0 Å². The third kappa shape index (κ3) is 2.60. The van der Waals surface area contributed by atoms with Crippen molar-refractivity contribution in [2.45, 2.75) is 6.92 Å². The molecule has 82 valence electrons. The maximum atomic E-state index is 11.5. The van der Waals surface area contributed by atoms with Crippen molar-refractivity contribution < 1.29 is 4.79 Å². The lowest BCUT2D eigenvalue weighted by Gasteiger charge is -2.04. The molecule has 2 amide bonds. The first-order valence-corrected chi connectivity index (χ1v) is 4.89. The summed E-state index contributed by atoms with van der Waals surface area (Å²) >= 11 is 0. The number of imidazole rings is 1. The molecule has 0 bridgehead atoms. The minimum Gasteiger partial charge on any atom is -0.328 e. The van der Waals surface area contributed by atoms with E-state index in [9.17, 15) is 4.79 Å². The van der Waals surface area contributed by atoms with Gasteiger partial charge < -0.3 is 10.3 Å². The lowest BCUT2D eigenvalue weighted by Crippen LogP contribution is -2.20. The number of aryl methyl sites for hydroxylation is 1. The van der Waals surface area contributed by atoms with Gasteiger partial charge in [0.05, 0.1) is 0 Å². The molecule has 16 heavy (non-hydrogen) atoms. The van der Waals surface area contributed by atoms with Crippen LogP contribution in [0.25, 0.3) is 0 Å². The first-order chi connectivity index (χ1) is 7.74. The number of anilines is 2.